The maximum Gasteiger partial charge on any atom is 0.261 e. The number of nitrogens with one attached hydrogen (secondary N) is 1. The van der Waals surface area contributed by atoms with Crippen LogP contribution in [0.2, 0.25) is 0 Å². The molecule has 0 aliphatic rings. The first-order valence-electron chi connectivity index (χ1n) is 4.55. The fourth-order valence-electron chi connectivity index (χ4n) is 0.906. The zero-order chi connectivity index (χ0) is 9.68. The van der Waals surface area contributed by atoms with Gasteiger partial charge in [0, 0.05) is 6.54 Å². The van der Waals surface area contributed by atoms with Crippen molar-refractivity contribution in [2.24, 2.45) is 5.92 Å². The molecule has 1 heterocycles. The van der Waals surface area contributed by atoms with Gasteiger partial charge in [0.1, 0.15) is 0 Å². The van der Waals surface area contributed by atoms with Gasteiger partial charge in [-0.25, -0.2) is 0 Å². The van der Waals surface area contributed by atoms with Crippen molar-refractivity contribution in [2.75, 3.05) is 6.54 Å². The van der Waals surface area contributed by atoms with Crippen LogP contribution < -0.4 is 5.32 Å². The van der Waals surface area contributed by atoms with Crippen molar-refractivity contribution in [1.82, 2.24) is 5.32 Å². The van der Waals surface area contributed by atoms with Crippen molar-refractivity contribution in [1.29, 1.82) is 0 Å². The SMILES string of the molecule is CCC(C)CNC(=O)c1cccs1. The van der Waals surface area contributed by atoms with Gasteiger partial charge in [0.05, 0.1) is 4.88 Å². The lowest BCUT2D eigenvalue weighted by Gasteiger charge is -2.08. The second-order valence-electron chi connectivity index (χ2n) is 3.20. The Morgan fingerprint density at radius 1 is 1.69 bits per heavy atom. The average molecular weight is 197 g/mol. The van der Waals surface area contributed by atoms with Crippen LogP contribution in [-0.4, -0.2) is 12.5 Å². The van der Waals surface area contributed by atoms with Crippen molar-refractivity contribution < 1.29 is 4.79 Å². The average Bonchev–Trinajstić information content (AvgIpc) is 2.66. The van der Waals surface area contributed by atoms with Gasteiger partial charge in [0.15, 0.2) is 0 Å². The van der Waals surface area contributed by atoms with Gasteiger partial charge in [-0.05, 0) is 17.4 Å². The molecule has 1 amide bonds. The molecule has 0 fully saturated rings. The Hall–Kier alpha value is -0.830. The summed E-state index contributed by atoms with van der Waals surface area (Å²) in [5.41, 5.74) is 0. The van der Waals surface area contributed by atoms with E-state index >= 15 is 0 Å². The number of carbonyl (C=O) groups excluding carboxylic acids is 1. The van der Waals surface area contributed by atoms with Crippen LogP contribution in [0.15, 0.2) is 17.5 Å². The van der Waals surface area contributed by atoms with Crippen molar-refractivity contribution in [2.45, 2.75) is 20.3 Å². The maximum atomic E-state index is 11.4. The summed E-state index contributed by atoms with van der Waals surface area (Å²) in [6, 6.07) is 3.74. The third kappa shape index (κ3) is 3.19. The first-order chi connectivity index (χ1) is 6.24. The lowest BCUT2D eigenvalue weighted by Crippen LogP contribution is -2.27. The van der Waals surface area contributed by atoms with Crippen molar-refractivity contribution in [3.8, 4) is 0 Å². The molecule has 1 aromatic rings. The zero-order valence-corrected chi connectivity index (χ0v) is 8.86. The van der Waals surface area contributed by atoms with Gasteiger partial charge in [0.2, 0.25) is 0 Å². The van der Waals surface area contributed by atoms with Crippen LogP contribution in [0.3, 0.4) is 0 Å². The summed E-state index contributed by atoms with van der Waals surface area (Å²) in [7, 11) is 0. The number of amides is 1. The summed E-state index contributed by atoms with van der Waals surface area (Å²) in [4.78, 5) is 12.2. The monoisotopic (exact) mass is 197 g/mol. The highest BCUT2D eigenvalue weighted by Crippen LogP contribution is 2.08. The molecule has 0 aliphatic carbocycles. The number of hydrogen-bond donors (Lipinski definition) is 1. The summed E-state index contributed by atoms with van der Waals surface area (Å²) in [6.07, 6.45) is 1.10. The van der Waals surface area contributed by atoms with E-state index in [2.05, 4.69) is 19.2 Å². The Kier molecular flexibility index (Phi) is 3.96. The Morgan fingerprint density at radius 3 is 3.00 bits per heavy atom. The Labute approximate surface area is 83.0 Å². The number of carbonyl (C=O) groups is 1. The molecule has 0 saturated heterocycles. The van der Waals surface area contributed by atoms with Crippen molar-refractivity contribution >= 4 is 17.2 Å². The van der Waals surface area contributed by atoms with E-state index < -0.39 is 0 Å². The van der Waals surface area contributed by atoms with Crippen molar-refractivity contribution in [3.05, 3.63) is 22.4 Å². The lowest BCUT2D eigenvalue weighted by atomic mass is 10.1. The van der Waals surface area contributed by atoms with E-state index in [9.17, 15) is 4.79 Å². The minimum Gasteiger partial charge on any atom is -0.351 e. The highest BCUT2D eigenvalue weighted by molar-refractivity contribution is 7.12. The topological polar surface area (TPSA) is 29.1 Å². The van der Waals surface area contributed by atoms with Crippen LogP contribution in [0.5, 0.6) is 0 Å². The summed E-state index contributed by atoms with van der Waals surface area (Å²) in [5, 5.41) is 4.82. The van der Waals surface area contributed by atoms with E-state index in [1.165, 1.54) is 11.3 Å². The van der Waals surface area contributed by atoms with Gasteiger partial charge in [0.25, 0.3) is 5.91 Å². The van der Waals surface area contributed by atoms with E-state index in [0.29, 0.717) is 5.92 Å². The van der Waals surface area contributed by atoms with Crippen LogP contribution in [0.1, 0.15) is 29.9 Å². The molecular formula is C10H15NOS. The van der Waals surface area contributed by atoms with E-state index in [4.69, 9.17) is 0 Å². The minimum absolute atomic E-state index is 0.0512. The molecule has 0 saturated carbocycles. The number of hydrogen-bond acceptors (Lipinski definition) is 2. The molecule has 0 bridgehead atoms. The highest BCUT2D eigenvalue weighted by Gasteiger charge is 2.06. The standard InChI is InChI=1S/C10H15NOS/c1-3-8(2)7-11-10(12)9-5-4-6-13-9/h4-6,8H,3,7H2,1-2H3,(H,11,12). The largest absolute Gasteiger partial charge is 0.351 e. The van der Waals surface area contributed by atoms with Gasteiger partial charge in [-0.1, -0.05) is 26.3 Å². The summed E-state index contributed by atoms with van der Waals surface area (Å²) < 4.78 is 0. The number of thiophene rings is 1. The third-order valence-corrected chi connectivity index (χ3v) is 2.92. The molecule has 1 unspecified atom stereocenters. The first kappa shape index (κ1) is 10.3. The second-order valence-corrected chi connectivity index (χ2v) is 4.15. The van der Waals surface area contributed by atoms with Gasteiger partial charge in [-0.3, -0.25) is 4.79 Å². The van der Waals surface area contributed by atoms with Crippen LogP contribution in [0.25, 0.3) is 0 Å². The molecular weight excluding hydrogens is 182 g/mol. The molecule has 0 aromatic carbocycles. The molecule has 72 valence electrons. The van der Waals surface area contributed by atoms with Crippen LogP contribution in [0.4, 0.5) is 0 Å². The Balaban J connectivity index is 2.35. The van der Waals surface area contributed by atoms with E-state index in [-0.39, 0.29) is 5.91 Å². The highest BCUT2D eigenvalue weighted by atomic mass is 32.1. The first-order valence-corrected chi connectivity index (χ1v) is 5.43. The predicted molar refractivity (Wildman–Crippen MR) is 56.1 cm³/mol. The van der Waals surface area contributed by atoms with E-state index in [1.807, 2.05) is 17.5 Å². The molecule has 1 N–H and O–H groups in total. The Bertz CT molecular complexity index is 256. The minimum atomic E-state index is 0.0512. The third-order valence-electron chi connectivity index (χ3n) is 2.05. The quantitative estimate of drug-likeness (QED) is 0.789. The maximum absolute atomic E-state index is 11.4. The molecule has 0 spiro atoms. The molecule has 2 nitrogen and oxygen atoms in total. The summed E-state index contributed by atoms with van der Waals surface area (Å²) in [5.74, 6) is 0.610. The molecule has 1 atom stereocenters. The van der Waals surface area contributed by atoms with Crippen LogP contribution >= 0.6 is 11.3 Å². The van der Waals surface area contributed by atoms with Gasteiger partial charge in [-0.2, -0.15) is 0 Å². The van der Waals surface area contributed by atoms with Gasteiger partial charge < -0.3 is 5.32 Å². The van der Waals surface area contributed by atoms with Gasteiger partial charge in [-0.15, -0.1) is 11.3 Å². The fourth-order valence-corrected chi connectivity index (χ4v) is 1.55. The molecule has 0 aliphatic heterocycles. The fraction of sp³-hybridized carbons (Fsp3) is 0.500. The van der Waals surface area contributed by atoms with Gasteiger partial charge >= 0.3 is 0 Å². The van der Waals surface area contributed by atoms with Crippen LogP contribution in [0, 0.1) is 5.92 Å². The predicted octanol–water partition coefficient (Wildman–Crippen LogP) is 2.52. The van der Waals surface area contributed by atoms with E-state index in [1.54, 1.807) is 0 Å². The summed E-state index contributed by atoms with van der Waals surface area (Å²) >= 11 is 1.48. The second kappa shape index (κ2) is 5.02. The molecule has 1 aromatic heterocycles. The number of rotatable bonds is 4. The van der Waals surface area contributed by atoms with E-state index in [0.717, 1.165) is 17.8 Å². The van der Waals surface area contributed by atoms with Crippen molar-refractivity contribution in [3.63, 3.8) is 0 Å². The summed E-state index contributed by atoms with van der Waals surface area (Å²) in [6.45, 7) is 5.03. The normalized spacial score (nSPS) is 12.5. The Morgan fingerprint density at radius 2 is 2.46 bits per heavy atom. The molecule has 0 radical (unpaired) electrons. The lowest BCUT2D eigenvalue weighted by molar-refractivity contribution is 0.0952. The molecule has 13 heavy (non-hydrogen) atoms. The van der Waals surface area contributed by atoms with Crippen LogP contribution in [-0.2, 0) is 0 Å². The molecule has 3 heteroatoms. The smallest absolute Gasteiger partial charge is 0.261 e. The zero-order valence-electron chi connectivity index (χ0n) is 8.04. The molecule has 1 rings (SSSR count).